The number of halogens is 1. The summed E-state index contributed by atoms with van der Waals surface area (Å²) in [4.78, 5) is 0.0585. The van der Waals surface area contributed by atoms with Crippen LogP contribution < -0.4 is 14.2 Å². The zero-order valence-corrected chi connectivity index (χ0v) is 17.1. The number of sulfonamides is 1. The van der Waals surface area contributed by atoms with E-state index in [0.29, 0.717) is 25.3 Å². The molecular formula is C16H22BrN3O4S. The molecule has 0 fully saturated rings. The summed E-state index contributed by atoms with van der Waals surface area (Å²) in [6, 6.07) is 4.67. The summed E-state index contributed by atoms with van der Waals surface area (Å²) in [5.41, 5.74) is 1.94. The molecule has 2 rings (SSSR count). The molecule has 7 nitrogen and oxygen atoms in total. The molecule has 0 amide bonds. The highest BCUT2D eigenvalue weighted by atomic mass is 79.9. The van der Waals surface area contributed by atoms with Crippen molar-refractivity contribution in [1.82, 2.24) is 14.5 Å². The van der Waals surface area contributed by atoms with Crippen LogP contribution in [0.25, 0.3) is 0 Å². The van der Waals surface area contributed by atoms with Gasteiger partial charge < -0.3 is 9.47 Å². The second-order valence-corrected chi connectivity index (χ2v) is 8.00. The van der Waals surface area contributed by atoms with Gasteiger partial charge in [0.15, 0.2) is 0 Å². The quantitative estimate of drug-likeness (QED) is 0.649. The third kappa shape index (κ3) is 4.53. The molecule has 0 aliphatic carbocycles. The molecule has 0 saturated heterocycles. The molecule has 0 aliphatic rings. The van der Waals surface area contributed by atoms with E-state index in [9.17, 15) is 8.42 Å². The summed E-state index contributed by atoms with van der Waals surface area (Å²) in [7, 11) is -0.781. The SMILES string of the molecule is COc1ccc(OC)c(S(=O)(=O)NCCCn2nc(C)c(Br)c2C)c1. The van der Waals surface area contributed by atoms with Crippen molar-refractivity contribution in [3.8, 4) is 11.5 Å². The van der Waals surface area contributed by atoms with E-state index < -0.39 is 10.0 Å². The second-order valence-electron chi connectivity index (χ2n) is 5.48. The van der Waals surface area contributed by atoms with Gasteiger partial charge in [-0.05, 0) is 48.3 Å². The van der Waals surface area contributed by atoms with Gasteiger partial charge >= 0.3 is 0 Å². The minimum absolute atomic E-state index is 0.0585. The number of ether oxygens (including phenoxy) is 2. The standard InChI is InChI=1S/C16H22BrN3O4S/c1-11-16(17)12(2)20(19-11)9-5-8-18-25(21,22)15-10-13(23-3)6-7-14(15)24-4/h6-7,10,18H,5,8-9H2,1-4H3. The Labute approximate surface area is 156 Å². The van der Waals surface area contributed by atoms with E-state index in [2.05, 4.69) is 25.8 Å². The lowest BCUT2D eigenvalue weighted by Gasteiger charge is -2.12. The highest BCUT2D eigenvalue weighted by Crippen LogP contribution is 2.28. The monoisotopic (exact) mass is 431 g/mol. The largest absolute Gasteiger partial charge is 0.497 e. The van der Waals surface area contributed by atoms with Gasteiger partial charge in [0.25, 0.3) is 0 Å². The molecular weight excluding hydrogens is 410 g/mol. The number of rotatable bonds is 8. The van der Waals surface area contributed by atoms with E-state index in [-0.39, 0.29) is 10.6 Å². The van der Waals surface area contributed by atoms with Gasteiger partial charge in [-0.1, -0.05) is 0 Å². The first-order chi connectivity index (χ1) is 11.8. The van der Waals surface area contributed by atoms with Crippen molar-refractivity contribution in [2.75, 3.05) is 20.8 Å². The Morgan fingerprint density at radius 1 is 1.24 bits per heavy atom. The maximum Gasteiger partial charge on any atom is 0.244 e. The van der Waals surface area contributed by atoms with Crippen LogP contribution in [-0.4, -0.2) is 39.0 Å². The fourth-order valence-electron chi connectivity index (χ4n) is 2.40. The van der Waals surface area contributed by atoms with Crippen molar-refractivity contribution in [1.29, 1.82) is 0 Å². The first-order valence-corrected chi connectivity index (χ1v) is 9.99. The minimum Gasteiger partial charge on any atom is -0.497 e. The molecule has 0 atom stereocenters. The molecule has 138 valence electrons. The number of aryl methyl sites for hydroxylation is 2. The molecule has 9 heteroatoms. The van der Waals surface area contributed by atoms with Crippen molar-refractivity contribution in [2.24, 2.45) is 0 Å². The van der Waals surface area contributed by atoms with Crippen LogP contribution in [-0.2, 0) is 16.6 Å². The molecule has 2 aromatic rings. The van der Waals surface area contributed by atoms with Gasteiger partial charge in [-0.15, -0.1) is 0 Å². The Bertz CT molecular complexity index is 849. The summed E-state index contributed by atoms with van der Waals surface area (Å²) >= 11 is 3.48. The molecule has 1 aromatic heterocycles. The van der Waals surface area contributed by atoms with Crippen LogP contribution in [0.5, 0.6) is 11.5 Å². The topological polar surface area (TPSA) is 82.5 Å². The average Bonchev–Trinajstić information content (AvgIpc) is 2.85. The van der Waals surface area contributed by atoms with Gasteiger partial charge in [-0.3, -0.25) is 4.68 Å². The summed E-state index contributed by atoms with van der Waals surface area (Å²) in [6.07, 6.45) is 0.611. The van der Waals surface area contributed by atoms with Crippen LogP contribution in [0.1, 0.15) is 17.8 Å². The number of nitrogens with zero attached hydrogens (tertiary/aromatic N) is 2. The first kappa shape index (κ1) is 19.7. The Kier molecular flexibility index (Phi) is 6.47. The lowest BCUT2D eigenvalue weighted by atomic mass is 10.3. The van der Waals surface area contributed by atoms with Crippen LogP contribution in [0.2, 0.25) is 0 Å². The van der Waals surface area contributed by atoms with E-state index in [1.165, 1.54) is 20.3 Å². The van der Waals surface area contributed by atoms with Crippen LogP contribution in [0.3, 0.4) is 0 Å². The van der Waals surface area contributed by atoms with Crippen molar-refractivity contribution < 1.29 is 17.9 Å². The van der Waals surface area contributed by atoms with Crippen molar-refractivity contribution in [3.63, 3.8) is 0 Å². The molecule has 0 radical (unpaired) electrons. The van der Waals surface area contributed by atoms with E-state index in [1.54, 1.807) is 12.1 Å². The third-order valence-corrected chi connectivity index (χ3v) is 6.42. The molecule has 0 bridgehead atoms. The number of hydrogen-bond acceptors (Lipinski definition) is 5. The summed E-state index contributed by atoms with van der Waals surface area (Å²) in [5.74, 6) is 0.726. The number of hydrogen-bond donors (Lipinski definition) is 1. The van der Waals surface area contributed by atoms with E-state index >= 15 is 0 Å². The lowest BCUT2D eigenvalue weighted by Crippen LogP contribution is -2.26. The smallest absolute Gasteiger partial charge is 0.244 e. The molecule has 1 aromatic carbocycles. The van der Waals surface area contributed by atoms with Crippen LogP contribution in [0, 0.1) is 13.8 Å². The highest BCUT2D eigenvalue weighted by Gasteiger charge is 2.20. The molecule has 0 unspecified atom stereocenters. The average molecular weight is 432 g/mol. The second kappa shape index (κ2) is 8.20. The Morgan fingerprint density at radius 3 is 2.52 bits per heavy atom. The summed E-state index contributed by atoms with van der Waals surface area (Å²) in [6.45, 7) is 4.80. The third-order valence-electron chi connectivity index (χ3n) is 3.79. The van der Waals surface area contributed by atoms with Crippen molar-refractivity contribution in [2.45, 2.75) is 31.7 Å². The lowest BCUT2D eigenvalue weighted by molar-refractivity contribution is 0.392. The normalized spacial score (nSPS) is 11.6. The van der Waals surface area contributed by atoms with Crippen LogP contribution in [0.4, 0.5) is 0 Å². The van der Waals surface area contributed by atoms with E-state index in [4.69, 9.17) is 9.47 Å². The zero-order valence-electron chi connectivity index (χ0n) is 14.7. The number of benzene rings is 1. The minimum atomic E-state index is -3.70. The highest BCUT2D eigenvalue weighted by molar-refractivity contribution is 9.10. The molecule has 25 heavy (non-hydrogen) atoms. The molecule has 0 aliphatic heterocycles. The maximum atomic E-state index is 12.5. The maximum absolute atomic E-state index is 12.5. The van der Waals surface area contributed by atoms with Crippen LogP contribution >= 0.6 is 15.9 Å². The first-order valence-electron chi connectivity index (χ1n) is 7.71. The molecule has 0 spiro atoms. The summed E-state index contributed by atoms with van der Waals surface area (Å²) < 4.78 is 40.8. The zero-order chi connectivity index (χ0) is 18.6. The van der Waals surface area contributed by atoms with Gasteiger partial charge in [0.05, 0.1) is 24.4 Å². The number of nitrogens with one attached hydrogen (secondary N) is 1. The molecule has 0 saturated carbocycles. The molecule has 1 N–H and O–H groups in total. The fourth-order valence-corrected chi connectivity index (χ4v) is 3.94. The predicted octanol–water partition coefficient (Wildman–Crippen LogP) is 2.65. The van der Waals surface area contributed by atoms with Gasteiger partial charge in [0.1, 0.15) is 16.4 Å². The van der Waals surface area contributed by atoms with Gasteiger partial charge in [0.2, 0.25) is 10.0 Å². The Hall–Kier alpha value is -1.58. The van der Waals surface area contributed by atoms with Gasteiger partial charge in [-0.25, -0.2) is 13.1 Å². The van der Waals surface area contributed by atoms with E-state index in [1.807, 2.05) is 18.5 Å². The predicted molar refractivity (Wildman–Crippen MR) is 98.8 cm³/mol. The Morgan fingerprint density at radius 2 is 1.96 bits per heavy atom. The Balaban J connectivity index is 2.03. The fraction of sp³-hybridized carbons (Fsp3) is 0.438. The van der Waals surface area contributed by atoms with E-state index in [0.717, 1.165) is 15.9 Å². The molecule has 1 heterocycles. The van der Waals surface area contributed by atoms with Gasteiger partial charge in [0, 0.05) is 24.8 Å². The van der Waals surface area contributed by atoms with Crippen molar-refractivity contribution in [3.05, 3.63) is 34.1 Å². The van der Waals surface area contributed by atoms with Gasteiger partial charge in [-0.2, -0.15) is 5.10 Å². The number of methoxy groups -OCH3 is 2. The summed E-state index contributed by atoms with van der Waals surface area (Å²) in [5, 5.41) is 4.41. The van der Waals surface area contributed by atoms with Crippen molar-refractivity contribution >= 4 is 26.0 Å². The van der Waals surface area contributed by atoms with Crippen LogP contribution in [0.15, 0.2) is 27.6 Å². The number of aromatic nitrogens is 2.